The molecule has 0 atom stereocenters. The number of nitrogens with zero attached hydrogens (tertiary/aromatic N) is 3. The fourth-order valence-electron chi connectivity index (χ4n) is 3.77. The first-order chi connectivity index (χ1) is 13.7. The Morgan fingerprint density at radius 1 is 1.14 bits per heavy atom. The predicted molar refractivity (Wildman–Crippen MR) is 105 cm³/mol. The van der Waals surface area contributed by atoms with Gasteiger partial charge in [-0.05, 0) is 61.9 Å². The molecule has 5 nitrogen and oxygen atoms in total. The molecule has 156 valence electrons. The van der Waals surface area contributed by atoms with E-state index in [2.05, 4.69) is 23.7 Å². The van der Waals surface area contributed by atoms with Gasteiger partial charge in [0.05, 0.1) is 0 Å². The number of ether oxygens (including phenoxy) is 1. The summed E-state index contributed by atoms with van der Waals surface area (Å²) in [6, 6.07) is 4.23. The Kier molecular flexibility index (Phi) is 5.73. The largest absolute Gasteiger partial charge is 0.432 e. The van der Waals surface area contributed by atoms with Gasteiger partial charge in [0.2, 0.25) is 0 Å². The fourth-order valence-corrected chi connectivity index (χ4v) is 3.77. The van der Waals surface area contributed by atoms with E-state index in [-0.39, 0.29) is 17.3 Å². The van der Waals surface area contributed by atoms with E-state index in [0.717, 1.165) is 30.2 Å². The molecule has 0 fully saturated rings. The summed E-state index contributed by atoms with van der Waals surface area (Å²) in [5.41, 5.74) is 2.83. The summed E-state index contributed by atoms with van der Waals surface area (Å²) in [6.07, 6.45) is 1.80. The van der Waals surface area contributed by atoms with Gasteiger partial charge in [0.1, 0.15) is 5.52 Å². The number of hydrogen-bond donors (Lipinski definition) is 0. The van der Waals surface area contributed by atoms with E-state index < -0.39 is 18.2 Å². The summed E-state index contributed by atoms with van der Waals surface area (Å²) < 4.78 is 46.4. The van der Waals surface area contributed by atoms with Crippen LogP contribution in [0.3, 0.4) is 0 Å². The zero-order valence-corrected chi connectivity index (χ0v) is 17.1. The zero-order valence-electron chi connectivity index (χ0n) is 17.1. The third-order valence-corrected chi connectivity index (χ3v) is 5.36. The van der Waals surface area contributed by atoms with Crippen LogP contribution < -0.4 is 10.3 Å². The highest BCUT2D eigenvalue weighted by Gasteiger charge is 2.22. The lowest BCUT2D eigenvalue weighted by Gasteiger charge is -2.15. The number of alkyl halides is 2. The normalized spacial score (nSPS) is 11.8. The first-order valence-electron chi connectivity index (χ1n) is 9.54. The average molecular weight is 407 g/mol. The minimum atomic E-state index is -3.13. The molecule has 0 unspecified atom stereocenters. The minimum Gasteiger partial charge on any atom is -0.432 e. The van der Waals surface area contributed by atoms with Crippen LogP contribution in [0.1, 0.15) is 49.4 Å². The maximum Gasteiger partial charge on any atom is 0.387 e. The number of fused-ring (bicyclic) bond motifs is 1. The van der Waals surface area contributed by atoms with Crippen molar-refractivity contribution in [2.75, 3.05) is 0 Å². The van der Waals surface area contributed by atoms with Gasteiger partial charge in [-0.3, -0.25) is 9.36 Å². The van der Waals surface area contributed by atoms with E-state index in [1.165, 1.54) is 10.6 Å². The molecule has 0 saturated carbocycles. The highest BCUT2D eigenvalue weighted by atomic mass is 19.3. The van der Waals surface area contributed by atoms with E-state index in [9.17, 15) is 18.0 Å². The predicted octanol–water partition coefficient (Wildman–Crippen LogP) is 4.96. The van der Waals surface area contributed by atoms with Crippen LogP contribution in [0.4, 0.5) is 13.2 Å². The van der Waals surface area contributed by atoms with Gasteiger partial charge in [0.15, 0.2) is 17.4 Å². The van der Waals surface area contributed by atoms with E-state index in [1.807, 2.05) is 13.0 Å². The van der Waals surface area contributed by atoms with Gasteiger partial charge in [-0.1, -0.05) is 13.8 Å². The molecule has 0 saturated heterocycles. The van der Waals surface area contributed by atoms with Gasteiger partial charge in [-0.15, -0.1) is 5.10 Å². The summed E-state index contributed by atoms with van der Waals surface area (Å²) in [7, 11) is 1.57. The van der Waals surface area contributed by atoms with Crippen molar-refractivity contribution < 1.29 is 17.9 Å². The zero-order chi connectivity index (χ0) is 21.5. The van der Waals surface area contributed by atoms with Crippen LogP contribution in [0, 0.1) is 19.7 Å². The first-order valence-corrected chi connectivity index (χ1v) is 9.54. The van der Waals surface area contributed by atoms with Gasteiger partial charge in [-0.25, -0.2) is 8.91 Å². The van der Waals surface area contributed by atoms with Crippen LogP contribution in [0.25, 0.3) is 16.9 Å². The average Bonchev–Trinajstić information content (AvgIpc) is 2.98. The number of benzene rings is 1. The molecule has 0 radical (unpaired) electrons. The summed E-state index contributed by atoms with van der Waals surface area (Å²) in [5, 5.41) is 4.59. The second-order valence-corrected chi connectivity index (χ2v) is 7.18. The number of aryl methyl sites for hydroxylation is 2. The molecular formula is C21H24F3N3O2. The van der Waals surface area contributed by atoms with Gasteiger partial charge >= 0.3 is 6.61 Å². The monoisotopic (exact) mass is 407 g/mol. The summed E-state index contributed by atoms with van der Waals surface area (Å²) >= 11 is 0. The highest BCUT2D eigenvalue weighted by molar-refractivity contribution is 5.65. The van der Waals surface area contributed by atoms with Crippen LogP contribution in [-0.4, -0.2) is 20.8 Å². The van der Waals surface area contributed by atoms with Crippen molar-refractivity contribution >= 4 is 5.52 Å². The summed E-state index contributed by atoms with van der Waals surface area (Å²) in [4.78, 5) is 13.2. The lowest BCUT2D eigenvalue weighted by atomic mass is 9.95. The lowest BCUT2D eigenvalue weighted by molar-refractivity contribution is -0.0522. The molecule has 0 spiro atoms. The van der Waals surface area contributed by atoms with Crippen molar-refractivity contribution in [3.63, 3.8) is 0 Å². The van der Waals surface area contributed by atoms with Gasteiger partial charge < -0.3 is 4.74 Å². The van der Waals surface area contributed by atoms with Crippen molar-refractivity contribution in [1.29, 1.82) is 0 Å². The Bertz CT molecular complexity index is 1110. The molecule has 0 aliphatic carbocycles. The van der Waals surface area contributed by atoms with Crippen LogP contribution in [-0.2, 0) is 7.05 Å². The van der Waals surface area contributed by atoms with E-state index in [1.54, 1.807) is 18.5 Å². The van der Waals surface area contributed by atoms with E-state index in [0.29, 0.717) is 16.6 Å². The molecule has 1 aromatic carbocycles. The van der Waals surface area contributed by atoms with Crippen molar-refractivity contribution in [2.45, 2.75) is 53.1 Å². The second-order valence-electron chi connectivity index (χ2n) is 7.18. The molecular weight excluding hydrogens is 383 g/mol. The maximum atomic E-state index is 14.3. The summed E-state index contributed by atoms with van der Waals surface area (Å²) in [5.74, 6) is -0.996. The number of aromatic nitrogens is 3. The van der Waals surface area contributed by atoms with Crippen LogP contribution >= 0.6 is 0 Å². The third kappa shape index (κ3) is 3.63. The topological polar surface area (TPSA) is 48.5 Å². The number of halogens is 3. The lowest BCUT2D eigenvalue weighted by Crippen LogP contribution is -2.24. The van der Waals surface area contributed by atoms with Gasteiger partial charge in [0.25, 0.3) is 5.56 Å². The molecule has 2 heterocycles. The highest BCUT2D eigenvalue weighted by Crippen LogP contribution is 2.31. The molecule has 0 amide bonds. The number of hydrogen-bond acceptors (Lipinski definition) is 3. The quantitative estimate of drug-likeness (QED) is 0.580. The Hall–Kier alpha value is -2.77. The van der Waals surface area contributed by atoms with Crippen molar-refractivity contribution in [3.05, 3.63) is 51.2 Å². The first kappa shape index (κ1) is 21.0. The van der Waals surface area contributed by atoms with Crippen molar-refractivity contribution in [1.82, 2.24) is 14.2 Å². The standard InChI is InChI=1S/C21H24F3N3O2/c1-6-13(7-2)15-9-12(4)27-18(15)20(28)26(5)19(25-27)14-10-16(22)17(8-11(14)3)29-21(23)24/h8-10,13,21H,6-7H2,1-5H3. The SMILES string of the molecule is CCC(CC)c1cc(C)n2nc(-c3cc(F)c(OC(F)F)cc3C)n(C)c(=O)c12. The van der Waals surface area contributed by atoms with Gasteiger partial charge in [0, 0.05) is 18.3 Å². The second kappa shape index (κ2) is 7.93. The molecule has 0 aliphatic rings. The molecule has 0 aliphatic heterocycles. The molecule has 3 rings (SSSR count). The molecule has 0 N–H and O–H groups in total. The van der Waals surface area contributed by atoms with E-state index >= 15 is 0 Å². The number of rotatable bonds is 6. The van der Waals surface area contributed by atoms with Crippen molar-refractivity contribution in [2.24, 2.45) is 7.05 Å². The molecule has 2 aromatic heterocycles. The fraction of sp³-hybridized carbons (Fsp3) is 0.429. The van der Waals surface area contributed by atoms with Crippen LogP contribution in [0.15, 0.2) is 23.0 Å². The van der Waals surface area contributed by atoms with E-state index in [4.69, 9.17) is 0 Å². The Morgan fingerprint density at radius 2 is 1.79 bits per heavy atom. The van der Waals surface area contributed by atoms with Gasteiger partial charge in [-0.2, -0.15) is 8.78 Å². The Balaban J connectivity index is 2.25. The summed E-state index contributed by atoms with van der Waals surface area (Å²) in [6.45, 7) is 4.52. The van der Waals surface area contributed by atoms with Crippen LogP contribution in [0.2, 0.25) is 0 Å². The maximum absolute atomic E-state index is 14.3. The van der Waals surface area contributed by atoms with Crippen molar-refractivity contribution in [3.8, 4) is 17.1 Å². The smallest absolute Gasteiger partial charge is 0.387 e. The Labute approximate surface area is 166 Å². The molecule has 8 heteroatoms. The molecule has 3 aromatic rings. The van der Waals surface area contributed by atoms with Crippen LogP contribution in [0.5, 0.6) is 5.75 Å². The third-order valence-electron chi connectivity index (χ3n) is 5.36. The minimum absolute atomic E-state index is 0.238. The molecule has 0 bridgehead atoms. The molecule has 29 heavy (non-hydrogen) atoms. The Morgan fingerprint density at radius 3 is 2.38 bits per heavy atom.